The number of rotatable bonds is 4. The molecule has 0 saturated heterocycles. The first kappa shape index (κ1) is 10.2. The number of nitrogens with one attached hydrogen (secondary N) is 1. The van der Waals surface area contributed by atoms with E-state index in [0.29, 0.717) is 11.8 Å². The molecule has 1 unspecified atom stereocenters. The van der Waals surface area contributed by atoms with Gasteiger partial charge >= 0.3 is 0 Å². The smallest absolute Gasteiger partial charge is 0.174 e. The van der Waals surface area contributed by atoms with Crippen molar-refractivity contribution in [1.29, 1.82) is 0 Å². The molecular weight excluding hydrogens is 166 g/mol. The summed E-state index contributed by atoms with van der Waals surface area (Å²) in [4.78, 5) is 0. The van der Waals surface area contributed by atoms with Crippen LogP contribution in [0.4, 0.5) is 0 Å². The standard InChI is InChI=1S/C6H13NOS2/c1-4(2)7-5(3-9)6(8)10/h4-5,7,9H,3H2,1-2H3,(H,8,10). The van der Waals surface area contributed by atoms with Gasteiger partial charge < -0.3 is 10.4 Å². The number of hydrogen-bond donors (Lipinski definition) is 3. The van der Waals surface area contributed by atoms with Crippen LogP contribution in [-0.4, -0.2) is 28.0 Å². The minimum Gasteiger partial charge on any atom is -0.501 e. The van der Waals surface area contributed by atoms with Gasteiger partial charge in [0.05, 0.1) is 6.04 Å². The highest BCUT2D eigenvalue weighted by atomic mass is 32.1. The zero-order valence-corrected chi connectivity index (χ0v) is 7.88. The van der Waals surface area contributed by atoms with Crippen LogP contribution in [0, 0.1) is 0 Å². The van der Waals surface area contributed by atoms with Gasteiger partial charge in [-0.25, -0.2) is 0 Å². The summed E-state index contributed by atoms with van der Waals surface area (Å²) in [5.74, 6) is 0.535. The highest BCUT2D eigenvalue weighted by Crippen LogP contribution is 1.92. The number of aliphatic hydroxyl groups excluding tert-OH is 1. The topological polar surface area (TPSA) is 32.3 Å². The molecule has 0 aromatic heterocycles. The van der Waals surface area contributed by atoms with E-state index in [4.69, 9.17) is 5.11 Å². The molecule has 0 fully saturated rings. The lowest BCUT2D eigenvalue weighted by Gasteiger charge is -2.16. The van der Waals surface area contributed by atoms with Crippen LogP contribution in [0.1, 0.15) is 13.8 Å². The summed E-state index contributed by atoms with van der Waals surface area (Å²) >= 11 is 8.60. The first-order chi connectivity index (χ1) is 4.57. The second kappa shape index (κ2) is 4.93. The van der Waals surface area contributed by atoms with Gasteiger partial charge in [-0.1, -0.05) is 13.8 Å². The third-order valence-corrected chi connectivity index (χ3v) is 1.66. The largest absolute Gasteiger partial charge is 0.501 e. The van der Waals surface area contributed by atoms with Gasteiger partial charge in [0.2, 0.25) is 0 Å². The SMILES string of the molecule is CC(C)NC(CS)C(O)=S. The molecule has 0 aliphatic rings. The number of thiol groups is 1. The normalized spacial score (nSPS) is 13.6. The Balaban J connectivity index is 3.72. The van der Waals surface area contributed by atoms with E-state index >= 15 is 0 Å². The van der Waals surface area contributed by atoms with Gasteiger partial charge in [0, 0.05) is 11.8 Å². The van der Waals surface area contributed by atoms with Crippen molar-refractivity contribution in [2.45, 2.75) is 25.9 Å². The van der Waals surface area contributed by atoms with E-state index in [1.54, 1.807) is 0 Å². The predicted molar refractivity (Wildman–Crippen MR) is 51.1 cm³/mol. The first-order valence-electron chi connectivity index (χ1n) is 3.17. The van der Waals surface area contributed by atoms with Gasteiger partial charge in [-0.3, -0.25) is 0 Å². The molecule has 0 amide bonds. The molecule has 2 nitrogen and oxygen atoms in total. The van der Waals surface area contributed by atoms with Gasteiger partial charge in [-0.05, 0) is 12.2 Å². The van der Waals surface area contributed by atoms with Crippen LogP contribution in [-0.2, 0) is 0 Å². The average molecular weight is 179 g/mol. The quantitative estimate of drug-likeness (QED) is 0.447. The molecule has 1 atom stereocenters. The van der Waals surface area contributed by atoms with E-state index in [0.717, 1.165) is 0 Å². The van der Waals surface area contributed by atoms with Crippen LogP contribution >= 0.6 is 24.8 Å². The molecule has 0 heterocycles. The first-order valence-corrected chi connectivity index (χ1v) is 4.21. The molecule has 0 aliphatic carbocycles. The lowest BCUT2D eigenvalue weighted by molar-refractivity contribution is 0.484. The Morgan fingerprint density at radius 2 is 2.20 bits per heavy atom. The molecule has 0 aliphatic heterocycles. The van der Waals surface area contributed by atoms with Crippen molar-refractivity contribution < 1.29 is 5.11 Å². The van der Waals surface area contributed by atoms with Crippen LogP contribution in [0.25, 0.3) is 0 Å². The van der Waals surface area contributed by atoms with Crippen molar-refractivity contribution in [1.82, 2.24) is 5.32 Å². The molecule has 0 spiro atoms. The van der Waals surface area contributed by atoms with E-state index in [2.05, 4.69) is 30.2 Å². The van der Waals surface area contributed by atoms with Crippen LogP contribution in [0.5, 0.6) is 0 Å². The van der Waals surface area contributed by atoms with E-state index in [1.807, 2.05) is 13.8 Å². The summed E-state index contributed by atoms with van der Waals surface area (Å²) in [7, 11) is 0. The van der Waals surface area contributed by atoms with Gasteiger partial charge in [0.15, 0.2) is 5.05 Å². The third-order valence-electron chi connectivity index (χ3n) is 1.02. The molecule has 0 rings (SSSR count). The van der Waals surface area contributed by atoms with Crippen LogP contribution in [0.2, 0.25) is 0 Å². The van der Waals surface area contributed by atoms with Crippen molar-refractivity contribution in [3.63, 3.8) is 0 Å². The maximum Gasteiger partial charge on any atom is 0.174 e. The Kier molecular flexibility index (Phi) is 5.03. The van der Waals surface area contributed by atoms with Crippen LogP contribution < -0.4 is 5.32 Å². The van der Waals surface area contributed by atoms with E-state index in [-0.39, 0.29) is 11.1 Å². The van der Waals surface area contributed by atoms with E-state index in [1.165, 1.54) is 0 Å². The molecule has 0 saturated carbocycles. The summed E-state index contributed by atoms with van der Waals surface area (Å²) in [6.07, 6.45) is 0. The molecule has 0 radical (unpaired) electrons. The summed E-state index contributed by atoms with van der Waals surface area (Å²) in [6, 6.07) is 0.167. The summed E-state index contributed by atoms with van der Waals surface area (Å²) in [5.41, 5.74) is 0. The second-order valence-corrected chi connectivity index (χ2v) is 3.18. The summed E-state index contributed by atoms with van der Waals surface area (Å²) in [5, 5.41) is 11.9. The lowest BCUT2D eigenvalue weighted by Crippen LogP contribution is -2.41. The molecule has 0 bridgehead atoms. The Morgan fingerprint density at radius 3 is 2.30 bits per heavy atom. The fourth-order valence-corrected chi connectivity index (χ4v) is 1.16. The van der Waals surface area contributed by atoms with Crippen LogP contribution in [0.15, 0.2) is 0 Å². The van der Waals surface area contributed by atoms with Crippen molar-refractivity contribution in [3.8, 4) is 0 Å². The van der Waals surface area contributed by atoms with Crippen molar-refractivity contribution in [2.24, 2.45) is 0 Å². The highest BCUT2D eigenvalue weighted by Gasteiger charge is 2.11. The van der Waals surface area contributed by atoms with Gasteiger partial charge in [0.1, 0.15) is 0 Å². The molecule has 10 heavy (non-hydrogen) atoms. The zero-order valence-electron chi connectivity index (χ0n) is 6.16. The zero-order chi connectivity index (χ0) is 8.15. The predicted octanol–water partition coefficient (Wildman–Crippen LogP) is 1.17. The van der Waals surface area contributed by atoms with Gasteiger partial charge in [-0.2, -0.15) is 12.6 Å². The number of thiocarbonyl (C=S) groups is 1. The molecular formula is C6H13NOS2. The van der Waals surface area contributed by atoms with Gasteiger partial charge in [-0.15, -0.1) is 0 Å². The minimum atomic E-state index is -0.154. The van der Waals surface area contributed by atoms with Crippen molar-refractivity contribution in [3.05, 3.63) is 0 Å². The fraction of sp³-hybridized carbons (Fsp3) is 0.833. The highest BCUT2D eigenvalue weighted by molar-refractivity contribution is 7.81. The Bertz CT molecular complexity index is 116. The summed E-state index contributed by atoms with van der Waals surface area (Å²) < 4.78 is 0. The fourth-order valence-electron chi connectivity index (χ4n) is 0.604. The monoisotopic (exact) mass is 179 g/mol. The average Bonchev–Trinajstić information content (AvgIpc) is 1.81. The molecule has 0 aromatic carbocycles. The number of aliphatic hydroxyl groups is 1. The minimum absolute atomic E-state index is 0.0105. The Labute approximate surface area is 72.4 Å². The van der Waals surface area contributed by atoms with Crippen molar-refractivity contribution in [2.75, 3.05) is 5.75 Å². The number of hydrogen-bond acceptors (Lipinski definition) is 3. The van der Waals surface area contributed by atoms with Gasteiger partial charge in [0.25, 0.3) is 0 Å². The molecule has 60 valence electrons. The third kappa shape index (κ3) is 4.09. The van der Waals surface area contributed by atoms with Crippen molar-refractivity contribution >= 4 is 29.9 Å². The molecule has 4 heteroatoms. The molecule has 0 aromatic rings. The Hall–Kier alpha value is 0.200. The Morgan fingerprint density at radius 1 is 1.70 bits per heavy atom. The lowest BCUT2D eigenvalue weighted by atomic mass is 10.3. The van der Waals surface area contributed by atoms with Crippen LogP contribution in [0.3, 0.4) is 0 Å². The second-order valence-electron chi connectivity index (χ2n) is 2.39. The maximum absolute atomic E-state index is 8.88. The van der Waals surface area contributed by atoms with E-state index in [9.17, 15) is 0 Å². The summed E-state index contributed by atoms with van der Waals surface area (Å²) in [6.45, 7) is 3.99. The maximum atomic E-state index is 8.88. The van der Waals surface area contributed by atoms with E-state index < -0.39 is 0 Å². The molecule has 2 N–H and O–H groups in total.